The molecule has 1 amide bonds. The van der Waals surface area contributed by atoms with E-state index in [1.165, 1.54) is 4.80 Å². The van der Waals surface area contributed by atoms with Gasteiger partial charge in [0.2, 0.25) is 6.41 Å². The zero-order chi connectivity index (χ0) is 10.7. The van der Waals surface area contributed by atoms with Gasteiger partial charge in [-0.25, -0.2) is 4.98 Å². The number of nitrogens with one attached hydrogen (secondary N) is 1. The maximum Gasteiger partial charge on any atom is 0.211 e. The molecule has 2 aromatic heterocycles. The number of nitrogens with zero attached hydrogens (tertiary/aromatic N) is 4. The maximum absolute atomic E-state index is 10.2. The average molecular weight is 203 g/mol. The van der Waals surface area contributed by atoms with Crippen LogP contribution in [-0.4, -0.2) is 26.4 Å². The van der Waals surface area contributed by atoms with Crippen molar-refractivity contribution in [2.24, 2.45) is 0 Å². The third kappa shape index (κ3) is 1.83. The van der Waals surface area contributed by atoms with E-state index in [2.05, 4.69) is 20.5 Å². The zero-order valence-corrected chi connectivity index (χ0v) is 8.08. The van der Waals surface area contributed by atoms with Crippen LogP contribution in [0.1, 0.15) is 5.56 Å². The molecule has 0 aliphatic carbocycles. The van der Waals surface area contributed by atoms with Crippen molar-refractivity contribution in [2.45, 2.75) is 6.92 Å². The molecule has 0 saturated heterocycles. The topological polar surface area (TPSA) is 72.7 Å². The predicted molar refractivity (Wildman–Crippen MR) is 53.6 cm³/mol. The fourth-order valence-corrected chi connectivity index (χ4v) is 1.25. The van der Waals surface area contributed by atoms with Gasteiger partial charge in [0.15, 0.2) is 5.82 Å². The van der Waals surface area contributed by atoms with Gasteiger partial charge in [0.05, 0.1) is 24.3 Å². The van der Waals surface area contributed by atoms with Gasteiger partial charge in [-0.2, -0.15) is 10.2 Å². The van der Waals surface area contributed by atoms with Gasteiger partial charge in [-0.1, -0.05) is 0 Å². The summed E-state index contributed by atoms with van der Waals surface area (Å²) in [7, 11) is 0. The lowest BCUT2D eigenvalue weighted by molar-refractivity contribution is -0.105. The number of anilines is 1. The minimum atomic E-state index is 0.613. The summed E-state index contributed by atoms with van der Waals surface area (Å²) >= 11 is 0. The third-order valence-electron chi connectivity index (χ3n) is 1.88. The fraction of sp³-hybridized carbons (Fsp3) is 0.111. The van der Waals surface area contributed by atoms with Crippen LogP contribution in [0.25, 0.3) is 5.82 Å². The van der Waals surface area contributed by atoms with Crippen molar-refractivity contribution in [3.8, 4) is 5.82 Å². The van der Waals surface area contributed by atoms with Gasteiger partial charge < -0.3 is 5.32 Å². The Labute approximate surface area is 85.9 Å². The Kier molecular flexibility index (Phi) is 2.40. The molecule has 0 unspecified atom stereocenters. The highest BCUT2D eigenvalue weighted by Gasteiger charge is 2.04. The van der Waals surface area contributed by atoms with Crippen LogP contribution in [0.2, 0.25) is 0 Å². The number of hydrogen-bond donors (Lipinski definition) is 1. The molecule has 0 radical (unpaired) electrons. The average Bonchev–Trinajstić information content (AvgIpc) is 2.71. The Morgan fingerprint density at radius 3 is 2.73 bits per heavy atom. The van der Waals surface area contributed by atoms with Gasteiger partial charge >= 0.3 is 0 Å². The number of carbonyl (C=O) groups is 1. The van der Waals surface area contributed by atoms with Crippen LogP contribution in [0.3, 0.4) is 0 Å². The monoisotopic (exact) mass is 203 g/mol. The van der Waals surface area contributed by atoms with E-state index >= 15 is 0 Å². The molecule has 76 valence electrons. The number of rotatable bonds is 3. The fourth-order valence-electron chi connectivity index (χ4n) is 1.25. The van der Waals surface area contributed by atoms with Gasteiger partial charge in [0.1, 0.15) is 0 Å². The Hall–Kier alpha value is -2.24. The number of pyridine rings is 1. The standard InChI is InChI=1S/C9H9N5O/c1-7-4-8(11-6-15)5-10-9(7)14-12-2-3-13-14/h2-6H,1H3,(H,11,15). The molecule has 2 heterocycles. The second-order valence-electron chi connectivity index (χ2n) is 2.95. The molecular weight excluding hydrogens is 194 g/mol. The summed E-state index contributed by atoms with van der Waals surface area (Å²) in [6, 6.07) is 1.81. The van der Waals surface area contributed by atoms with Gasteiger partial charge in [0.25, 0.3) is 0 Å². The Bertz CT molecular complexity index is 465. The van der Waals surface area contributed by atoms with Crippen molar-refractivity contribution in [1.82, 2.24) is 20.0 Å². The number of aryl methyl sites for hydroxylation is 1. The van der Waals surface area contributed by atoms with Gasteiger partial charge in [-0.15, -0.1) is 4.80 Å². The number of carbonyl (C=O) groups excluding carboxylic acids is 1. The van der Waals surface area contributed by atoms with Crippen molar-refractivity contribution in [2.75, 3.05) is 5.32 Å². The molecule has 0 aliphatic heterocycles. The first-order valence-corrected chi connectivity index (χ1v) is 4.35. The van der Waals surface area contributed by atoms with E-state index < -0.39 is 0 Å². The summed E-state index contributed by atoms with van der Waals surface area (Å²) in [6.07, 6.45) is 5.33. The number of amides is 1. The second-order valence-corrected chi connectivity index (χ2v) is 2.95. The van der Waals surface area contributed by atoms with Gasteiger partial charge in [-0.05, 0) is 18.6 Å². The number of hydrogen-bond acceptors (Lipinski definition) is 4. The van der Waals surface area contributed by atoms with Gasteiger partial charge in [0, 0.05) is 0 Å². The Morgan fingerprint density at radius 1 is 1.40 bits per heavy atom. The molecule has 2 rings (SSSR count). The van der Waals surface area contributed by atoms with E-state index in [1.807, 2.05) is 6.92 Å². The van der Waals surface area contributed by atoms with Crippen molar-refractivity contribution >= 4 is 12.1 Å². The van der Waals surface area contributed by atoms with Crippen LogP contribution in [0.4, 0.5) is 5.69 Å². The van der Waals surface area contributed by atoms with Crippen molar-refractivity contribution < 1.29 is 4.79 Å². The summed E-state index contributed by atoms with van der Waals surface area (Å²) in [6.45, 7) is 1.88. The summed E-state index contributed by atoms with van der Waals surface area (Å²) in [5, 5.41) is 10.5. The van der Waals surface area contributed by atoms with E-state index in [-0.39, 0.29) is 0 Å². The van der Waals surface area contributed by atoms with Crippen LogP contribution in [0, 0.1) is 6.92 Å². The van der Waals surface area contributed by atoms with Crippen LogP contribution in [-0.2, 0) is 4.79 Å². The predicted octanol–water partition coefficient (Wildman–Crippen LogP) is 0.539. The lowest BCUT2D eigenvalue weighted by Crippen LogP contribution is -2.05. The molecule has 0 bridgehead atoms. The summed E-state index contributed by atoms with van der Waals surface area (Å²) in [5.74, 6) is 0.649. The summed E-state index contributed by atoms with van der Waals surface area (Å²) in [4.78, 5) is 15.8. The SMILES string of the molecule is Cc1cc(NC=O)cnc1-n1nccn1. The lowest BCUT2D eigenvalue weighted by atomic mass is 10.2. The first kappa shape index (κ1) is 9.32. The smallest absolute Gasteiger partial charge is 0.211 e. The van der Waals surface area contributed by atoms with Crippen molar-refractivity contribution in [3.05, 3.63) is 30.2 Å². The highest BCUT2D eigenvalue weighted by molar-refractivity contribution is 5.71. The van der Waals surface area contributed by atoms with Crippen molar-refractivity contribution in [1.29, 1.82) is 0 Å². The highest BCUT2D eigenvalue weighted by atomic mass is 16.1. The lowest BCUT2D eigenvalue weighted by Gasteiger charge is -2.04. The van der Waals surface area contributed by atoms with Crippen LogP contribution in [0.5, 0.6) is 0 Å². The van der Waals surface area contributed by atoms with Crippen LogP contribution in [0.15, 0.2) is 24.7 Å². The second kappa shape index (κ2) is 3.87. The molecule has 0 aliphatic rings. The van der Waals surface area contributed by atoms with Crippen molar-refractivity contribution in [3.63, 3.8) is 0 Å². The Morgan fingerprint density at radius 2 is 2.13 bits per heavy atom. The number of aromatic nitrogens is 4. The van der Waals surface area contributed by atoms with E-state index in [0.29, 0.717) is 17.9 Å². The molecule has 15 heavy (non-hydrogen) atoms. The van der Waals surface area contributed by atoms with Crippen LogP contribution >= 0.6 is 0 Å². The summed E-state index contributed by atoms with van der Waals surface area (Å²) < 4.78 is 0. The summed E-state index contributed by atoms with van der Waals surface area (Å²) in [5.41, 5.74) is 1.54. The highest BCUT2D eigenvalue weighted by Crippen LogP contribution is 2.13. The quantitative estimate of drug-likeness (QED) is 0.739. The van der Waals surface area contributed by atoms with Crippen LogP contribution < -0.4 is 5.32 Å². The first-order valence-electron chi connectivity index (χ1n) is 4.35. The minimum absolute atomic E-state index is 0.613. The van der Waals surface area contributed by atoms with E-state index in [0.717, 1.165) is 5.56 Å². The van der Waals surface area contributed by atoms with Gasteiger partial charge in [-0.3, -0.25) is 4.79 Å². The zero-order valence-electron chi connectivity index (χ0n) is 8.08. The molecule has 2 aromatic rings. The molecule has 0 spiro atoms. The maximum atomic E-state index is 10.2. The molecule has 1 N–H and O–H groups in total. The largest absolute Gasteiger partial charge is 0.327 e. The molecule has 6 nitrogen and oxygen atoms in total. The Balaban J connectivity index is 2.39. The van der Waals surface area contributed by atoms with E-state index in [9.17, 15) is 4.79 Å². The minimum Gasteiger partial charge on any atom is -0.327 e. The molecule has 0 saturated carbocycles. The third-order valence-corrected chi connectivity index (χ3v) is 1.88. The molecule has 6 heteroatoms. The normalized spacial score (nSPS) is 9.93. The molecular formula is C9H9N5O. The van der Waals surface area contributed by atoms with E-state index in [4.69, 9.17) is 0 Å². The van der Waals surface area contributed by atoms with E-state index in [1.54, 1.807) is 24.7 Å². The molecule has 0 atom stereocenters. The molecule has 0 fully saturated rings. The molecule has 0 aromatic carbocycles. The first-order chi connectivity index (χ1) is 7.31.